The Balaban J connectivity index is 2.02. The average Bonchev–Trinajstić information content (AvgIpc) is 2.43. The van der Waals surface area contributed by atoms with E-state index in [1.807, 2.05) is 13.0 Å². The summed E-state index contributed by atoms with van der Waals surface area (Å²) in [5, 5.41) is 13.1. The minimum Gasteiger partial charge on any atom is -0.387 e. The SMILES string of the molecule is Cc1nc(NCC(O)c2ccc(Cl)c(F)c2)ccc1Br. The van der Waals surface area contributed by atoms with Gasteiger partial charge in [0, 0.05) is 11.0 Å². The number of aromatic nitrogens is 1. The number of rotatable bonds is 4. The van der Waals surface area contributed by atoms with Gasteiger partial charge in [0.05, 0.1) is 16.8 Å². The van der Waals surface area contributed by atoms with E-state index < -0.39 is 11.9 Å². The fraction of sp³-hybridized carbons (Fsp3) is 0.214. The molecular weight excluding hydrogens is 347 g/mol. The summed E-state index contributed by atoms with van der Waals surface area (Å²) in [4.78, 5) is 4.31. The van der Waals surface area contributed by atoms with Crippen molar-refractivity contribution in [1.82, 2.24) is 4.98 Å². The highest BCUT2D eigenvalue weighted by Gasteiger charge is 2.10. The molecule has 3 nitrogen and oxygen atoms in total. The second kappa shape index (κ2) is 6.52. The van der Waals surface area contributed by atoms with Gasteiger partial charge in [-0.2, -0.15) is 0 Å². The summed E-state index contributed by atoms with van der Waals surface area (Å²) in [7, 11) is 0. The van der Waals surface area contributed by atoms with Gasteiger partial charge in [0.2, 0.25) is 0 Å². The monoisotopic (exact) mass is 358 g/mol. The van der Waals surface area contributed by atoms with Crippen molar-refractivity contribution in [3.63, 3.8) is 0 Å². The smallest absolute Gasteiger partial charge is 0.142 e. The first-order chi connectivity index (χ1) is 9.47. The average molecular weight is 360 g/mol. The number of aliphatic hydroxyl groups excluding tert-OH is 1. The highest BCUT2D eigenvalue weighted by atomic mass is 79.9. The van der Waals surface area contributed by atoms with Crippen LogP contribution in [-0.2, 0) is 0 Å². The van der Waals surface area contributed by atoms with Crippen LogP contribution in [0.5, 0.6) is 0 Å². The van der Waals surface area contributed by atoms with E-state index in [0.717, 1.165) is 10.2 Å². The Labute approximate surface area is 129 Å². The van der Waals surface area contributed by atoms with E-state index in [9.17, 15) is 9.50 Å². The number of nitrogens with one attached hydrogen (secondary N) is 1. The molecule has 0 spiro atoms. The summed E-state index contributed by atoms with van der Waals surface area (Å²) in [5.41, 5.74) is 1.32. The molecule has 0 aliphatic rings. The maximum Gasteiger partial charge on any atom is 0.142 e. The molecule has 2 aromatic rings. The lowest BCUT2D eigenvalue weighted by molar-refractivity contribution is 0.191. The Morgan fingerprint density at radius 2 is 2.15 bits per heavy atom. The third kappa shape index (κ3) is 3.69. The molecule has 0 saturated carbocycles. The van der Waals surface area contributed by atoms with Crippen LogP contribution in [0.3, 0.4) is 0 Å². The summed E-state index contributed by atoms with van der Waals surface area (Å²) in [6.45, 7) is 2.11. The van der Waals surface area contributed by atoms with E-state index in [-0.39, 0.29) is 11.6 Å². The minimum atomic E-state index is -0.840. The zero-order valence-electron chi connectivity index (χ0n) is 10.7. The Kier molecular flexibility index (Phi) is 4.96. The van der Waals surface area contributed by atoms with Crippen molar-refractivity contribution < 1.29 is 9.50 Å². The highest BCUT2D eigenvalue weighted by molar-refractivity contribution is 9.10. The molecule has 6 heteroatoms. The first-order valence-corrected chi connectivity index (χ1v) is 7.14. The molecule has 2 rings (SSSR count). The molecule has 0 radical (unpaired) electrons. The number of anilines is 1. The normalized spacial score (nSPS) is 12.2. The molecule has 2 N–H and O–H groups in total. The fourth-order valence-electron chi connectivity index (χ4n) is 1.68. The van der Waals surface area contributed by atoms with Gasteiger partial charge in [-0.05, 0) is 52.7 Å². The maximum absolute atomic E-state index is 13.3. The number of hydrogen-bond acceptors (Lipinski definition) is 3. The van der Waals surface area contributed by atoms with Crippen LogP contribution in [0.4, 0.5) is 10.2 Å². The predicted molar refractivity (Wildman–Crippen MR) is 81.5 cm³/mol. The number of nitrogens with zero attached hydrogens (tertiary/aromatic N) is 1. The molecule has 1 unspecified atom stereocenters. The molecule has 106 valence electrons. The largest absolute Gasteiger partial charge is 0.387 e. The van der Waals surface area contributed by atoms with Gasteiger partial charge in [-0.15, -0.1) is 0 Å². The quantitative estimate of drug-likeness (QED) is 0.864. The van der Waals surface area contributed by atoms with Crippen LogP contribution in [-0.4, -0.2) is 16.6 Å². The minimum absolute atomic E-state index is 0.0408. The van der Waals surface area contributed by atoms with Gasteiger partial charge < -0.3 is 10.4 Å². The Hall–Kier alpha value is -1.17. The van der Waals surface area contributed by atoms with Crippen LogP contribution < -0.4 is 5.32 Å². The van der Waals surface area contributed by atoms with Gasteiger partial charge in [0.15, 0.2) is 0 Å². The summed E-state index contributed by atoms with van der Waals surface area (Å²) < 4.78 is 14.2. The van der Waals surface area contributed by atoms with E-state index in [1.54, 1.807) is 12.1 Å². The second-order valence-corrected chi connectivity index (χ2v) is 5.60. The van der Waals surface area contributed by atoms with Gasteiger partial charge in [-0.1, -0.05) is 17.7 Å². The first kappa shape index (κ1) is 15.2. The van der Waals surface area contributed by atoms with E-state index in [0.29, 0.717) is 11.4 Å². The molecular formula is C14H13BrClFN2O. The number of aryl methyl sites for hydroxylation is 1. The summed E-state index contributed by atoms with van der Waals surface area (Å²) in [6.07, 6.45) is -0.840. The van der Waals surface area contributed by atoms with Crippen LogP contribution >= 0.6 is 27.5 Å². The molecule has 20 heavy (non-hydrogen) atoms. The van der Waals surface area contributed by atoms with Gasteiger partial charge in [-0.3, -0.25) is 0 Å². The number of aliphatic hydroxyl groups is 1. The molecule has 1 atom stereocenters. The fourth-order valence-corrected chi connectivity index (χ4v) is 2.02. The van der Waals surface area contributed by atoms with Crippen molar-refractivity contribution in [1.29, 1.82) is 0 Å². The third-order valence-electron chi connectivity index (χ3n) is 2.83. The van der Waals surface area contributed by atoms with Gasteiger partial charge in [0.25, 0.3) is 0 Å². The number of pyridine rings is 1. The number of benzene rings is 1. The maximum atomic E-state index is 13.3. The summed E-state index contributed by atoms with van der Waals surface area (Å²) >= 11 is 8.97. The van der Waals surface area contributed by atoms with Crippen molar-refractivity contribution in [2.45, 2.75) is 13.0 Å². The highest BCUT2D eigenvalue weighted by Crippen LogP contribution is 2.21. The lowest BCUT2D eigenvalue weighted by Crippen LogP contribution is -2.13. The molecule has 0 fully saturated rings. The summed E-state index contributed by atoms with van der Waals surface area (Å²) in [6, 6.07) is 7.93. The zero-order chi connectivity index (χ0) is 14.7. The van der Waals surface area contributed by atoms with Crippen LogP contribution in [0, 0.1) is 12.7 Å². The topological polar surface area (TPSA) is 45.2 Å². The second-order valence-electron chi connectivity index (χ2n) is 4.33. The Morgan fingerprint density at radius 3 is 2.80 bits per heavy atom. The van der Waals surface area contributed by atoms with Gasteiger partial charge in [0.1, 0.15) is 11.6 Å². The number of hydrogen-bond donors (Lipinski definition) is 2. The summed E-state index contributed by atoms with van der Waals surface area (Å²) in [5.74, 6) is 0.111. The Bertz CT molecular complexity index is 624. The Morgan fingerprint density at radius 1 is 1.40 bits per heavy atom. The number of halogens is 3. The molecule has 0 aliphatic carbocycles. The van der Waals surface area contributed by atoms with E-state index in [4.69, 9.17) is 11.6 Å². The van der Waals surface area contributed by atoms with Crippen molar-refractivity contribution in [3.05, 3.63) is 56.9 Å². The molecule has 0 aliphatic heterocycles. The van der Waals surface area contributed by atoms with E-state index in [2.05, 4.69) is 26.2 Å². The third-order valence-corrected chi connectivity index (χ3v) is 3.97. The molecule has 1 heterocycles. The van der Waals surface area contributed by atoms with Crippen LogP contribution in [0.2, 0.25) is 5.02 Å². The van der Waals surface area contributed by atoms with Crippen molar-refractivity contribution in [2.75, 3.05) is 11.9 Å². The lowest BCUT2D eigenvalue weighted by atomic mass is 10.1. The molecule has 0 bridgehead atoms. The zero-order valence-corrected chi connectivity index (χ0v) is 13.0. The van der Waals surface area contributed by atoms with Crippen LogP contribution in [0.15, 0.2) is 34.8 Å². The van der Waals surface area contributed by atoms with Crippen molar-refractivity contribution in [2.24, 2.45) is 0 Å². The molecule has 0 saturated heterocycles. The molecule has 0 amide bonds. The van der Waals surface area contributed by atoms with E-state index >= 15 is 0 Å². The van der Waals surface area contributed by atoms with Crippen molar-refractivity contribution in [3.8, 4) is 0 Å². The molecule has 1 aromatic heterocycles. The van der Waals surface area contributed by atoms with E-state index in [1.165, 1.54) is 12.1 Å². The predicted octanol–water partition coefficient (Wildman–Crippen LogP) is 4.09. The van der Waals surface area contributed by atoms with Crippen LogP contribution in [0.1, 0.15) is 17.4 Å². The van der Waals surface area contributed by atoms with Crippen molar-refractivity contribution >= 4 is 33.3 Å². The van der Waals surface area contributed by atoms with Gasteiger partial charge in [-0.25, -0.2) is 9.37 Å². The molecule has 1 aromatic carbocycles. The van der Waals surface area contributed by atoms with Crippen LogP contribution in [0.25, 0.3) is 0 Å². The van der Waals surface area contributed by atoms with Gasteiger partial charge >= 0.3 is 0 Å². The first-order valence-electron chi connectivity index (χ1n) is 5.97. The standard InChI is InChI=1S/C14H13BrClFN2O/c1-8-10(15)3-5-14(19-8)18-7-13(20)9-2-4-11(16)12(17)6-9/h2-6,13,20H,7H2,1H3,(H,18,19). The lowest BCUT2D eigenvalue weighted by Gasteiger charge is -2.13.